The summed E-state index contributed by atoms with van der Waals surface area (Å²) >= 11 is 0. The fourth-order valence-corrected chi connectivity index (χ4v) is 3.58. The second kappa shape index (κ2) is 3.44. The minimum atomic E-state index is -0.707. The van der Waals surface area contributed by atoms with Crippen molar-refractivity contribution in [2.45, 2.75) is 31.1 Å². The summed E-state index contributed by atoms with van der Waals surface area (Å²) in [4.78, 5) is 11.7. The maximum Gasteiger partial charge on any atom is 0.314 e. The number of rotatable bonds is 2. The third kappa shape index (κ3) is 1.49. The number of hydrogen-bond acceptors (Lipinski definition) is 3. The molecule has 4 heteroatoms. The molecule has 1 spiro atoms. The first-order valence-corrected chi connectivity index (χ1v) is 6.77. The second-order valence-electron chi connectivity index (χ2n) is 6.10. The largest absolute Gasteiger partial charge is 0.486 e. The Kier molecular flexibility index (Phi) is 2.02. The lowest BCUT2D eigenvalue weighted by atomic mass is 9.56. The van der Waals surface area contributed by atoms with E-state index in [2.05, 4.69) is 0 Å². The van der Waals surface area contributed by atoms with Crippen LogP contribution in [0, 0.1) is 5.41 Å². The van der Waals surface area contributed by atoms with Crippen molar-refractivity contribution < 1.29 is 19.4 Å². The average Bonchev–Trinajstić information content (AvgIpc) is 3.16. The molecule has 4 nitrogen and oxygen atoms in total. The Morgan fingerprint density at radius 2 is 1.79 bits per heavy atom. The van der Waals surface area contributed by atoms with Crippen LogP contribution in [0.15, 0.2) is 18.2 Å². The summed E-state index contributed by atoms with van der Waals surface area (Å²) in [5.41, 5.74) is 0.500. The standard InChI is InChI=1S/C15H16O4/c16-13(17)15(8-14(9-15)3-4-14)10-1-2-11-12(7-10)19-6-5-18-11/h1-2,7H,3-6,8-9H2,(H,16,17). The van der Waals surface area contributed by atoms with Crippen LogP contribution in [-0.4, -0.2) is 24.3 Å². The molecule has 0 amide bonds. The van der Waals surface area contributed by atoms with Gasteiger partial charge in [-0.25, -0.2) is 0 Å². The summed E-state index contributed by atoms with van der Waals surface area (Å²) < 4.78 is 11.0. The molecule has 1 aromatic rings. The molecule has 0 unspecified atom stereocenters. The van der Waals surface area contributed by atoms with Gasteiger partial charge in [-0.3, -0.25) is 4.79 Å². The molecule has 100 valence electrons. The van der Waals surface area contributed by atoms with Gasteiger partial charge in [0.15, 0.2) is 11.5 Å². The molecule has 0 saturated heterocycles. The molecule has 0 radical (unpaired) electrons. The number of carboxylic acid groups (broad SMARTS) is 1. The molecule has 2 fully saturated rings. The molecule has 4 rings (SSSR count). The van der Waals surface area contributed by atoms with Crippen LogP contribution in [0.1, 0.15) is 31.2 Å². The molecular weight excluding hydrogens is 244 g/mol. The van der Waals surface area contributed by atoms with Gasteiger partial charge in [-0.2, -0.15) is 0 Å². The minimum absolute atomic E-state index is 0.339. The van der Waals surface area contributed by atoms with Crippen LogP contribution in [0.2, 0.25) is 0 Å². The Hall–Kier alpha value is -1.71. The van der Waals surface area contributed by atoms with Gasteiger partial charge < -0.3 is 14.6 Å². The number of carbonyl (C=O) groups is 1. The minimum Gasteiger partial charge on any atom is -0.486 e. The number of benzene rings is 1. The van der Waals surface area contributed by atoms with Gasteiger partial charge in [0.05, 0.1) is 5.41 Å². The van der Waals surface area contributed by atoms with E-state index in [1.165, 1.54) is 12.8 Å². The van der Waals surface area contributed by atoms with Gasteiger partial charge in [-0.1, -0.05) is 6.07 Å². The van der Waals surface area contributed by atoms with Crippen LogP contribution in [0.5, 0.6) is 11.5 Å². The molecule has 1 aliphatic heterocycles. The zero-order valence-corrected chi connectivity index (χ0v) is 10.6. The first kappa shape index (κ1) is 11.1. The van der Waals surface area contributed by atoms with E-state index in [-0.39, 0.29) is 0 Å². The van der Waals surface area contributed by atoms with E-state index in [1.807, 2.05) is 18.2 Å². The summed E-state index contributed by atoms with van der Waals surface area (Å²) in [6, 6.07) is 5.58. The Labute approximate surface area is 111 Å². The van der Waals surface area contributed by atoms with E-state index >= 15 is 0 Å². The third-order valence-corrected chi connectivity index (χ3v) is 4.81. The van der Waals surface area contributed by atoms with Crippen molar-refractivity contribution in [3.8, 4) is 11.5 Å². The van der Waals surface area contributed by atoms with Crippen molar-refractivity contribution in [1.29, 1.82) is 0 Å². The lowest BCUT2D eigenvalue weighted by Crippen LogP contribution is -2.49. The summed E-state index contributed by atoms with van der Waals surface area (Å²) in [6.07, 6.45) is 3.92. The SMILES string of the molecule is O=C(O)C1(c2ccc3c(c2)OCCO3)CC2(CC2)C1. The highest BCUT2D eigenvalue weighted by atomic mass is 16.6. The Morgan fingerprint density at radius 3 is 2.42 bits per heavy atom. The van der Waals surface area contributed by atoms with E-state index in [4.69, 9.17) is 9.47 Å². The smallest absolute Gasteiger partial charge is 0.314 e. The zero-order valence-electron chi connectivity index (χ0n) is 10.6. The quantitative estimate of drug-likeness (QED) is 0.886. The molecule has 2 saturated carbocycles. The van der Waals surface area contributed by atoms with Crippen LogP contribution in [0.4, 0.5) is 0 Å². The number of hydrogen-bond donors (Lipinski definition) is 1. The van der Waals surface area contributed by atoms with Crippen molar-refractivity contribution in [2.24, 2.45) is 5.41 Å². The number of ether oxygens (including phenoxy) is 2. The van der Waals surface area contributed by atoms with Gasteiger partial charge in [0, 0.05) is 0 Å². The normalized spacial score (nSPS) is 24.6. The molecule has 0 aromatic heterocycles. The van der Waals surface area contributed by atoms with Crippen LogP contribution >= 0.6 is 0 Å². The molecule has 0 bridgehead atoms. The molecule has 1 aromatic carbocycles. The summed E-state index contributed by atoms with van der Waals surface area (Å²) in [5, 5.41) is 9.63. The van der Waals surface area contributed by atoms with E-state index in [1.54, 1.807) is 0 Å². The van der Waals surface area contributed by atoms with Gasteiger partial charge in [0.2, 0.25) is 0 Å². The highest BCUT2D eigenvalue weighted by Crippen LogP contribution is 2.69. The maximum absolute atomic E-state index is 11.7. The average molecular weight is 260 g/mol. The summed E-state index contributed by atoms with van der Waals surface area (Å²) in [5.74, 6) is 0.693. The molecular formula is C15H16O4. The van der Waals surface area contributed by atoms with Crippen molar-refractivity contribution >= 4 is 5.97 Å². The van der Waals surface area contributed by atoms with Crippen LogP contribution < -0.4 is 9.47 Å². The zero-order chi connectivity index (χ0) is 13.1. The first-order chi connectivity index (χ1) is 9.14. The molecule has 2 aliphatic carbocycles. The van der Waals surface area contributed by atoms with E-state index < -0.39 is 11.4 Å². The van der Waals surface area contributed by atoms with Crippen molar-refractivity contribution in [3.05, 3.63) is 23.8 Å². The van der Waals surface area contributed by atoms with Crippen LogP contribution in [0.3, 0.4) is 0 Å². The van der Waals surface area contributed by atoms with Gasteiger partial charge >= 0.3 is 5.97 Å². The molecule has 0 atom stereocenters. The van der Waals surface area contributed by atoms with E-state index in [0.29, 0.717) is 24.4 Å². The Balaban J connectivity index is 1.72. The van der Waals surface area contributed by atoms with Gasteiger partial charge in [-0.15, -0.1) is 0 Å². The predicted octanol–water partition coefficient (Wildman–Crippen LogP) is 2.35. The van der Waals surface area contributed by atoms with Gasteiger partial charge in [0.25, 0.3) is 0 Å². The fourth-order valence-electron chi connectivity index (χ4n) is 3.58. The van der Waals surface area contributed by atoms with Crippen molar-refractivity contribution in [3.63, 3.8) is 0 Å². The highest BCUT2D eigenvalue weighted by Gasteiger charge is 2.65. The lowest BCUT2D eigenvalue weighted by Gasteiger charge is -2.46. The predicted molar refractivity (Wildman–Crippen MR) is 67.6 cm³/mol. The first-order valence-electron chi connectivity index (χ1n) is 6.77. The highest BCUT2D eigenvalue weighted by molar-refractivity contribution is 5.84. The molecule has 3 aliphatic rings. The summed E-state index contributed by atoms with van der Waals surface area (Å²) in [7, 11) is 0. The molecule has 1 heterocycles. The lowest BCUT2D eigenvalue weighted by molar-refractivity contribution is -0.150. The molecule has 1 N–H and O–H groups in total. The second-order valence-corrected chi connectivity index (χ2v) is 6.10. The number of fused-ring (bicyclic) bond motifs is 1. The molecule has 19 heavy (non-hydrogen) atoms. The number of aliphatic carboxylic acids is 1. The number of carboxylic acids is 1. The van der Waals surface area contributed by atoms with Gasteiger partial charge in [0.1, 0.15) is 13.2 Å². The van der Waals surface area contributed by atoms with Crippen molar-refractivity contribution in [1.82, 2.24) is 0 Å². The van der Waals surface area contributed by atoms with E-state index in [9.17, 15) is 9.90 Å². The monoisotopic (exact) mass is 260 g/mol. The Morgan fingerprint density at radius 1 is 1.11 bits per heavy atom. The van der Waals surface area contributed by atoms with Crippen LogP contribution in [-0.2, 0) is 10.2 Å². The van der Waals surface area contributed by atoms with Gasteiger partial charge in [-0.05, 0) is 48.8 Å². The topological polar surface area (TPSA) is 55.8 Å². The maximum atomic E-state index is 11.7. The third-order valence-electron chi connectivity index (χ3n) is 4.81. The fraction of sp³-hybridized carbons (Fsp3) is 0.533. The Bertz CT molecular complexity index is 551. The van der Waals surface area contributed by atoms with Crippen LogP contribution in [0.25, 0.3) is 0 Å². The van der Waals surface area contributed by atoms with Crippen molar-refractivity contribution in [2.75, 3.05) is 13.2 Å². The summed E-state index contributed by atoms with van der Waals surface area (Å²) in [6.45, 7) is 1.08. The van der Waals surface area contributed by atoms with E-state index in [0.717, 1.165) is 24.2 Å².